The number of carbonyl (C=O) groups excluding carboxylic acids is 1. The highest BCUT2D eigenvalue weighted by Crippen LogP contribution is 2.25. The highest BCUT2D eigenvalue weighted by Gasteiger charge is 2.08. The summed E-state index contributed by atoms with van der Waals surface area (Å²) in [6.07, 6.45) is 0.155. The first-order valence-corrected chi connectivity index (χ1v) is 6.31. The summed E-state index contributed by atoms with van der Waals surface area (Å²) in [5.41, 5.74) is 7.04. The second-order valence-corrected chi connectivity index (χ2v) is 4.39. The first kappa shape index (κ1) is 13.9. The molecule has 1 amide bonds. The number of amides is 1. The van der Waals surface area contributed by atoms with Crippen LogP contribution in [-0.4, -0.2) is 13.0 Å². The van der Waals surface area contributed by atoms with Gasteiger partial charge in [-0.1, -0.05) is 36.4 Å². The molecule has 0 atom stereocenters. The highest BCUT2D eigenvalue weighted by atomic mass is 16.5. The van der Waals surface area contributed by atoms with Crippen molar-refractivity contribution in [3.05, 3.63) is 59.7 Å². The Morgan fingerprint density at radius 3 is 2.55 bits per heavy atom. The summed E-state index contributed by atoms with van der Waals surface area (Å²) in [4.78, 5) is 11.0. The van der Waals surface area contributed by atoms with Crippen LogP contribution in [0.5, 0.6) is 11.5 Å². The van der Waals surface area contributed by atoms with Gasteiger partial charge in [0.1, 0.15) is 18.1 Å². The van der Waals surface area contributed by atoms with Gasteiger partial charge in [-0.05, 0) is 11.6 Å². The Balaban J connectivity index is 2.07. The molecule has 0 bridgehead atoms. The molecular weight excluding hydrogens is 254 g/mol. The van der Waals surface area contributed by atoms with Crippen molar-refractivity contribution >= 4 is 5.91 Å². The number of hydrogen-bond donors (Lipinski definition) is 1. The zero-order valence-corrected chi connectivity index (χ0v) is 11.3. The van der Waals surface area contributed by atoms with Crippen LogP contribution in [0.1, 0.15) is 11.1 Å². The van der Waals surface area contributed by atoms with Gasteiger partial charge in [-0.3, -0.25) is 4.79 Å². The third-order valence-corrected chi connectivity index (χ3v) is 2.87. The largest absolute Gasteiger partial charge is 0.496 e. The van der Waals surface area contributed by atoms with Gasteiger partial charge >= 0.3 is 0 Å². The summed E-state index contributed by atoms with van der Waals surface area (Å²) in [7, 11) is 1.56. The van der Waals surface area contributed by atoms with Crippen LogP contribution in [0, 0.1) is 0 Å². The van der Waals surface area contributed by atoms with E-state index in [1.54, 1.807) is 19.2 Å². The normalized spacial score (nSPS) is 10.1. The molecule has 4 nitrogen and oxygen atoms in total. The lowest BCUT2D eigenvalue weighted by molar-refractivity contribution is -0.117. The molecule has 0 saturated heterocycles. The highest BCUT2D eigenvalue weighted by molar-refractivity contribution is 5.77. The van der Waals surface area contributed by atoms with Crippen LogP contribution in [-0.2, 0) is 17.8 Å². The van der Waals surface area contributed by atoms with E-state index >= 15 is 0 Å². The van der Waals surface area contributed by atoms with E-state index in [1.807, 2.05) is 36.4 Å². The average molecular weight is 271 g/mol. The summed E-state index contributed by atoms with van der Waals surface area (Å²) < 4.78 is 10.9. The second-order valence-electron chi connectivity index (χ2n) is 4.39. The molecule has 0 saturated carbocycles. The topological polar surface area (TPSA) is 61.6 Å². The first-order valence-electron chi connectivity index (χ1n) is 6.31. The van der Waals surface area contributed by atoms with E-state index in [0.717, 1.165) is 11.1 Å². The molecule has 4 heteroatoms. The van der Waals surface area contributed by atoms with Crippen molar-refractivity contribution in [2.24, 2.45) is 5.73 Å². The molecule has 20 heavy (non-hydrogen) atoms. The van der Waals surface area contributed by atoms with Gasteiger partial charge in [0.05, 0.1) is 13.5 Å². The van der Waals surface area contributed by atoms with Gasteiger partial charge in [-0.25, -0.2) is 0 Å². The van der Waals surface area contributed by atoms with Crippen LogP contribution in [0.2, 0.25) is 0 Å². The van der Waals surface area contributed by atoms with Crippen molar-refractivity contribution in [1.29, 1.82) is 0 Å². The Bertz CT molecular complexity index is 582. The van der Waals surface area contributed by atoms with Crippen LogP contribution in [0.4, 0.5) is 0 Å². The molecule has 0 aliphatic carbocycles. The van der Waals surface area contributed by atoms with Crippen molar-refractivity contribution in [3.8, 4) is 11.5 Å². The number of rotatable bonds is 6. The third-order valence-electron chi connectivity index (χ3n) is 2.87. The number of benzene rings is 2. The third kappa shape index (κ3) is 3.75. The molecule has 0 aliphatic heterocycles. The van der Waals surface area contributed by atoms with E-state index in [2.05, 4.69) is 0 Å². The van der Waals surface area contributed by atoms with Gasteiger partial charge in [-0.2, -0.15) is 0 Å². The van der Waals surface area contributed by atoms with Crippen molar-refractivity contribution in [1.82, 2.24) is 0 Å². The maximum absolute atomic E-state index is 11.0. The molecule has 0 spiro atoms. The van der Waals surface area contributed by atoms with Crippen molar-refractivity contribution in [3.63, 3.8) is 0 Å². The lowest BCUT2D eigenvalue weighted by atomic mass is 10.1. The Kier molecular flexibility index (Phi) is 4.60. The van der Waals surface area contributed by atoms with Gasteiger partial charge < -0.3 is 15.2 Å². The van der Waals surface area contributed by atoms with E-state index < -0.39 is 0 Å². The molecule has 0 unspecified atom stereocenters. The van der Waals surface area contributed by atoms with E-state index in [9.17, 15) is 4.79 Å². The maximum Gasteiger partial charge on any atom is 0.221 e. The zero-order chi connectivity index (χ0) is 14.4. The zero-order valence-electron chi connectivity index (χ0n) is 11.3. The van der Waals surface area contributed by atoms with Crippen molar-refractivity contribution < 1.29 is 14.3 Å². The molecule has 2 aromatic carbocycles. The van der Waals surface area contributed by atoms with E-state index in [-0.39, 0.29) is 12.3 Å². The lowest BCUT2D eigenvalue weighted by Gasteiger charge is -2.11. The minimum Gasteiger partial charge on any atom is -0.496 e. The fraction of sp³-hybridized carbons (Fsp3) is 0.188. The Morgan fingerprint density at radius 1 is 1.15 bits per heavy atom. The van der Waals surface area contributed by atoms with Gasteiger partial charge in [0.2, 0.25) is 5.91 Å². The SMILES string of the molecule is COc1cc(OCc2ccccc2)ccc1CC(N)=O. The van der Waals surface area contributed by atoms with Crippen LogP contribution in [0.3, 0.4) is 0 Å². The monoisotopic (exact) mass is 271 g/mol. The molecule has 0 aliphatic rings. The van der Waals surface area contributed by atoms with Crippen LogP contribution < -0.4 is 15.2 Å². The van der Waals surface area contributed by atoms with Gasteiger partial charge in [0.15, 0.2) is 0 Å². The lowest BCUT2D eigenvalue weighted by Crippen LogP contribution is -2.14. The Hall–Kier alpha value is -2.49. The Labute approximate surface area is 118 Å². The second kappa shape index (κ2) is 6.61. The van der Waals surface area contributed by atoms with E-state index in [4.69, 9.17) is 15.2 Å². The average Bonchev–Trinajstić information content (AvgIpc) is 2.46. The quantitative estimate of drug-likeness (QED) is 0.877. The number of carbonyl (C=O) groups is 1. The standard InChI is InChI=1S/C16H17NO3/c1-19-15-10-14(8-7-13(15)9-16(17)18)20-11-12-5-3-2-4-6-12/h2-8,10H,9,11H2,1H3,(H2,17,18). The number of methoxy groups -OCH3 is 1. The van der Waals surface area contributed by atoms with E-state index in [1.165, 1.54) is 0 Å². The fourth-order valence-corrected chi connectivity index (χ4v) is 1.89. The van der Waals surface area contributed by atoms with E-state index in [0.29, 0.717) is 18.1 Å². The molecule has 2 rings (SSSR count). The van der Waals surface area contributed by atoms with Gasteiger partial charge in [-0.15, -0.1) is 0 Å². The summed E-state index contributed by atoms with van der Waals surface area (Å²) in [5, 5.41) is 0. The summed E-state index contributed by atoms with van der Waals surface area (Å²) in [6.45, 7) is 0.485. The smallest absolute Gasteiger partial charge is 0.221 e. The van der Waals surface area contributed by atoms with Crippen LogP contribution in [0.15, 0.2) is 48.5 Å². The molecule has 2 aromatic rings. The number of nitrogens with two attached hydrogens (primary N) is 1. The minimum atomic E-state index is -0.388. The number of ether oxygens (including phenoxy) is 2. The van der Waals surface area contributed by atoms with Gasteiger partial charge in [0.25, 0.3) is 0 Å². The molecule has 0 aromatic heterocycles. The molecular formula is C16H17NO3. The Morgan fingerprint density at radius 2 is 1.90 bits per heavy atom. The predicted molar refractivity (Wildman–Crippen MR) is 76.7 cm³/mol. The number of primary amides is 1. The molecule has 104 valence electrons. The molecule has 0 heterocycles. The summed E-state index contributed by atoms with van der Waals surface area (Å²) >= 11 is 0. The minimum absolute atomic E-state index is 0.155. The first-order chi connectivity index (χ1) is 9.69. The maximum atomic E-state index is 11.0. The predicted octanol–water partition coefficient (Wildman–Crippen LogP) is 2.30. The summed E-state index contributed by atoms with van der Waals surface area (Å²) in [6, 6.07) is 15.3. The fourth-order valence-electron chi connectivity index (χ4n) is 1.89. The van der Waals surface area contributed by atoms with Gasteiger partial charge in [0, 0.05) is 11.6 Å². The van der Waals surface area contributed by atoms with Crippen LogP contribution >= 0.6 is 0 Å². The molecule has 0 fully saturated rings. The number of hydrogen-bond acceptors (Lipinski definition) is 3. The molecule has 0 radical (unpaired) electrons. The van der Waals surface area contributed by atoms with Crippen molar-refractivity contribution in [2.75, 3.05) is 7.11 Å². The molecule has 2 N–H and O–H groups in total. The van der Waals surface area contributed by atoms with Crippen LogP contribution in [0.25, 0.3) is 0 Å². The summed E-state index contributed by atoms with van der Waals surface area (Å²) in [5.74, 6) is 0.912. The van der Waals surface area contributed by atoms with Crippen molar-refractivity contribution in [2.45, 2.75) is 13.0 Å².